The second kappa shape index (κ2) is 6.45. The third-order valence-corrected chi connectivity index (χ3v) is 4.05. The van der Waals surface area contributed by atoms with Crippen molar-refractivity contribution < 1.29 is 14.6 Å². The van der Waals surface area contributed by atoms with Crippen molar-refractivity contribution in [3.63, 3.8) is 0 Å². The molecule has 0 atom stereocenters. The maximum Gasteiger partial charge on any atom is 0.341 e. The average molecular weight is 364 g/mol. The smallest absolute Gasteiger partial charge is 0.341 e. The van der Waals surface area contributed by atoms with Gasteiger partial charge in [-0.25, -0.2) is 14.8 Å². The van der Waals surface area contributed by atoms with Gasteiger partial charge in [-0.05, 0) is 30.3 Å². The number of hydrogen-bond donors (Lipinski definition) is 5. The summed E-state index contributed by atoms with van der Waals surface area (Å²) in [5, 5.41) is 16.3. The van der Waals surface area contributed by atoms with Gasteiger partial charge in [-0.2, -0.15) is 0 Å². The minimum atomic E-state index is -1.05. The number of carboxylic acids is 1. The number of nitrogens with one attached hydrogen (secondary N) is 3. The fourth-order valence-electron chi connectivity index (χ4n) is 2.87. The number of amidine groups is 1. The molecule has 0 bridgehead atoms. The van der Waals surface area contributed by atoms with Crippen LogP contribution in [0.4, 0.5) is 0 Å². The SMILES string of the molecule is N=C(N)c1ccc2[nH]c(Cc3nc4c(OCC(=O)O)cccc4[nH]3)nc2c1. The van der Waals surface area contributed by atoms with Crippen molar-refractivity contribution in [2.45, 2.75) is 6.42 Å². The number of hydrogen-bond acceptors (Lipinski definition) is 5. The van der Waals surface area contributed by atoms with Gasteiger partial charge in [0.2, 0.25) is 0 Å². The Hall–Kier alpha value is -3.88. The lowest BCUT2D eigenvalue weighted by Crippen LogP contribution is -2.10. The van der Waals surface area contributed by atoms with E-state index in [0.29, 0.717) is 34.9 Å². The number of benzene rings is 2. The summed E-state index contributed by atoms with van der Waals surface area (Å²) in [6.07, 6.45) is 0.428. The number of fused-ring (bicyclic) bond motifs is 2. The van der Waals surface area contributed by atoms with Crippen LogP contribution in [0.5, 0.6) is 5.75 Å². The van der Waals surface area contributed by atoms with Gasteiger partial charge >= 0.3 is 5.97 Å². The standard InChI is InChI=1S/C18H16N6O3/c19-18(20)9-4-5-10-12(6-9)23-14(21-10)7-15-22-11-2-1-3-13(17(11)24-15)27-8-16(25)26/h1-6H,7-8H2,(H3,19,20)(H,21,23)(H,22,24)(H,25,26). The number of nitrogens with zero attached hydrogens (tertiary/aromatic N) is 2. The zero-order valence-electron chi connectivity index (χ0n) is 14.1. The minimum absolute atomic E-state index is 0.00683. The van der Waals surface area contributed by atoms with Gasteiger partial charge in [0.1, 0.15) is 28.8 Å². The Morgan fingerprint density at radius 3 is 2.70 bits per heavy atom. The highest BCUT2D eigenvalue weighted by atomic mass is 16.5. The van der Waals surface area contributed by atoms with Gasteiger partial charge in [0.05, 0.1) is 23.0 Å². The molecule has 2 heterocycles. The number of ether oxygens (including phenoxy) is 1. The molecule has 9 nitrogen and oxygen atoms in total. The summed E-state index contributed by atoms with van der Waals surface area (Å²) in [4.78, 5) is 26.2. The van der Waals surface area contributed by atoms with Crippen molar-refractivity contribution >= 4 is 33.9 Å². The molecule has 4 rings (SSSR count). The molecule has 0 amide bonds. The molecule has 6 N–H and O–H groups in total. The lowest BCUT2D eigenvalue weighted by atomic mass is 10.2. The highest BCUT2D eigenvalue weighted by Gasteiger charge is 2.12. The van der Waals surface area contributed by atoms with Crippen LogP contribution >= 0.6 is 0 Å². The van der Waals surface area contributed by atoms with E-state index in [4.69, 9.17) is 21.0 Å². The summed E-state index contributed by atoms with van der Waals surface area (Å²) in [6.45, 7) is -0.427. The monoisotopic (exact) mass is 364 g/mol. The number of aliphatic carboxylic acids is 1. The second-order valence-corrected chi connectivity index (χ2v) is 6.02. The van der Waals surface area contributed by atoms with Gasteiger partial charge in [0.15, 0.2) is 6.61 Å². The first-order valence-electron chi connectivity index (χ1n) is 8.15. The van der Waals surface area contributed by atoms with Gasteiger partial charge < -0.3 is 25.5 Å². The first kappa shape index (κ1) is 16.6. The fourth-order valence-corrected chi connectivity index (χ4v) is 2.87. The Labute approximate surface area is 152 Å². The summed E-state index contributed by atoms with van der Waals surface area (Å²) in [7, 11) is 0. The van der Waals surface area contributed by atoms with Crippen molar-refractivity contribution in [2.24, 2.45) is 5.73 Å². The topological polar surface area (TPSA) is 154 Å². The third-order valence-electron chi connectivity index (χ3n) is 4.05. The van der Waals surface area contributed by atoms with E-state index in [1.165, 1.54) is 0 Å². The first-order chi connectivity index (χ1) is 13.0. The van der Waals surface area contributed by atoms with Crippen LogP contribution in [0.15, 0.2) is 36.4 Å². The van der Waals surface area contributed by atoms with E-state index in [1.807, 2.05) is 12.1 Å². The number of nitrogens with two attached hydrogens (primary N) is 1. The maximum atomic E-state index is 10.7. The highest BCUT2D eigenvalue weighted by Crippen LogP contribution is 2.24. The molecule has 2 aromatic carbocycles. The van der Waals surface area contributed by atoms with Crippen molar-refractivity contribution in [2.75, 3.05) is 6.61 Å². The number of imidazole rings is 2. The summed E-state index contributed by atoms with van der Waals surface area (Å²) in [6, 6.07) is 10.6. The molecule has 2 aromatic heterocycles. The number of H-pyrrole nitrogens is 2. The quantitative estimate of drug-likeness (QED) is 0.259. The fraction of sp³-hybridized carbons (Fsp3) is 0.111. The maximum absolute atomic E-state index is 10.7. The molecular formula is C18H16N6O3. The Morgan fingerprint density at radius 2 is 1.93 bits per heavy atom. The van der Waals surface area contributed by atoms with Crippen LogP contribution in [0, 0.1) is 5.41 Å². The number of aromatic nitrogens is 4. The second-order valence-electron chi connectivity index (χ2n) is 6.02. The molecule has 0 spiro atoms. The number of carbonyl (C=O) groups is 1. The van der Waals surface area contributed by atoms with E-state index in [1.54, 1.807) is 24.3 Å². The van der Waals surface area contributed by atoms with E-state index >= 15 is 0 Å². The normalized spacial score (nSPS) is 11.1. The molecule has 0 aliphatic carbocycles. The van der Waals surface area contributed by atoms with Crippen molar-refractivity contribution in [3.05, 3.63) is 53.6 Å². The largest absolute Gasteiger partial charge is 0.480 e. The van der Waals surface area contributed by atoms with E-state index in [2.05, 4.69) is 19.9 Å². The zero-order chi connectivity index (χ0) is 19.0. The molecular weight excluding hydrogens is 348 g/mol. The molecule has 0 aliphatic heterocycles. The molecule has 0 radical (unpaired) electrons. The zero-order valence-corrected chi connectivity index (χ0v) is 14.1. The lowest BCUT2D eigenvalue weighted by molar-refractivity contribution is -0.139. The predicted molar refractivity (Wildman–Crippen MR) is 99.1 cm³/mol. The molecule has 0 fully saturated rings. The molecule has 9 heteroatoms. The summed E-state index contributed by atoms with van der Waals surface area (Å²) < 4.78 is 5.29. The highest BCUT2D eigenvalue weighted by molar-refractivity contribution is 5.97. The van der Waals surface area contributed by atoms with Crippen LogP contribution in [0.3, 0.4) is 0 Å². The van der Waals surface area contributed by atoms with Gasteiger partial charge in [-0.15, -0.1) is 0 Å². The van der Waals surface area contributed by atoms with Crippen molar-refractivity contribution in [3.8, 4) is 5.75 Å². The number of aromatic amines is 2. The summed E-state index contributed by atoms with van der Waals surface area (Å²) >= 11 is 0. The van der Waals surface area contributed by atoms with Gasteiger partial charge in [-0.3, -0.25) is 5.41 Å². The molecule has 0 saturated heterocycles. The molecule has 0 aliphatic rings. The summed E-state index contributed by atoms with van der Waals surface area (Å²) in [5.41, 5.74) is 9.02. The van der Waals surface area contributed by atoms with Crippen LogP contribution < -0.4 is 10.5 Å². The van der Waals surface area contributed by atoms with E-state index in [9.17, 15) is 4.79 Å². The Kier molecular flexibility index (Phi) is 3.96. The minimum Gasteiger partial charge on any atom is -0.480 e. The van der Waals surface area contributed by atoms with Crippen LogP contribution in [0.1, 0.15) is 17.2 Å². The molecule has 0 saturated carbocycles. The van der Waals surface area contributed by atoms with Crippen LogP contribution in [0.25, 0.3) is 22.1 Å². The Morgan fingerprint density at radius 1 is 1.15 bits per heavy atom. The summed E-state index contributed by atoms with van der Waals surface area (Å²) in [5.74, 6) is 0.732. The molecule has 0 unspecified atom stereocenters. The molecule has 136 valence electrons. The third kappa shape index (κ3) is 3.30. The van der Waals surface area contributed by atoms with Crippen LogP contribution in [-0.4, -0.2) is 43.5 Å². The van der Waals surface area contributed by atoms with Gasteiger partial charge in [-0.1, -0.05) is 6.07 Å². The molecule has 27 heavy (non-hydrogen) atoms. The number of para-hydroxylation sites is 1. The lowest BCUT2D eigenvalue weighted by Gasteiger charge is -2.02. The van der Waals surface area contributed by atoms with Gasteiger partial charge in [0, 0.05) is 5.56 Å². The Bertz CT molecular complexity index is 1180. The number of nitrogen functional groups attached to an aromatic ring is 1. The number of rotatable bonds is 6. The van der Waals surface area contributed by atoms with Crippen molar-refractivity contribution in [1.82, 2.24) is 19.9 Å². The first-order valence-corrected chi connectivity index (χ1v) is 8.15. The van der Waals surface area contributed by atoms with E-state index < -0.39 is 12.6 Å². The Balaban J connectivity index is 1.63. The van der Waals surface area contributed by atoms with E-state index in [-0.39, 0.29) is 5.84 Å². The van der Waals surface area contributed by atoms with Crippen LogP contribution in [-0.2, 0) is 11.2 Å². The van der Waals surface area contributed by atoms with E-state index in [0.717, 1.165) is 16.6 Å². The van der Waals surface area contributed by atoms with Gasteiger partial charge in [0.25, 0.3) is 0 Å². The van der Waals surface area contributed by atoms with Crippen molar-refractivity contribution in [1.29, 1.82) is 5.41 Å². The van der Waals surface area contributed by atoms with Crippen LogP contribution in [0.2, 0.25) is 0 Å². The average Bonchev–Trinajstić information content (AvgIpc) is 3.21. The predicted octanol–water partition coefficient (Wildman–Crippen LogP) is 1.78. The molecule has 4 aromatic rings. The number of carboxylic acid groups (broad SMARTS) is 1.